The largest absolute Gasteiger partial charge is 0.497 e. The minimum atomic E-state index is 0.453. The number of methoxy groups -OCH3 is 1. The van der Waals surface area contributed by atoms with E-state index in [4.69, 9.17) is 9.15 Å². The van der Waals surface area contributed by atoms with Gasteiger partial charge in [-0.2, -0.15) is 0 Å². The molecule has 3 rings (SSSR count). The molecule has 1 fully saturated rings. The SMILES string of the molecule is COc1ccc2nc(C3CCNCC3)oc2c1. The number of piperidine rings is 1. The van der Waals surface area contributed by atoms with Gasteiger partial charge < -0.3 is 14.5 Å². The zero-order valence-corrected chi connectivity index (χ0v) is 9.90. The highest BCUT2D eigenvalue weighted by Gasteiger charge is 2.20. The van der Waals surface area contributed by atoms with Crippen LogP contribution in [-0.4, -0.2) is 25.2 Å². The molecule has 2 aromatic rings. The Morgan fingerprint density at radius 2 is 2.18 bits per heavy atom. The van der Waals surface area contributed by atoms with Gasteiger partial charge in [-0.25, -0.2) is 4.98 Å². The van der Waals surface area contributed by atoms with Crippen molar-refractivity contribution in [2.24, 2.45) is 0 Å². The maximum absolute atomic E-state index is 5.83. The molecule has 1 aliphatic heterocycles. The van der Waals surface area contributed by atoms with Gasteiger partial charge in [-0.3, -0.25) is 0 Å². The summed E-state index contributed by atoms with van der Waals surface area (Å²) < 4.78 is 11.0. The fourth-order valence-electron chi connectivity index (χ4n) is 2.29. The van der Waals surface area contributed by atoms with Crippen molar-refractivity contribution in [1.29, 1.82) is 0 Å². The number of nitrogens with one attached hydrogen (secondary N) is 1. The average Bonchev–Trinajstić information content (AvgIpc) is 2.82. The number of hydrogen-bond acceptors (Lipinski definition) is 4. The normalized spacial score (nSPS) is 17.5. The molecule has 1 aliphatic rings. The Morgan fingerprint density at radius 1 is 1.35 bits per heavy atom. The Morgan fingerprint density at radius 3 is 2.94 bits per heavy atom. The first kappa shape index (κ1) is 10.6. The lowest BCUT2D eigenvalue weighted by atomic mass is 9.98. The molecule has 0 radical (unpaired) electrons. The smallest absolute Gasteiger partial charge is 0.198 e. The highest BCUT2D eigenvalue weighted by Crippen LogP contribution is 2.29. The molecule has 1 N–H and O–H groups in total. The van der Waals surface area contributed by atoms with Crippen LogP contribution in [0.25, 0.3) is 11.1 Å². The molecule has 1 aromatic carbocycles. The first-order chi connectivity index (χ1) is 8.36. The molecule has 0 aliphatic carbocycles. The Hall–Kier alpha value is -1.55. The van der Waals surface area contributed by atoms with Crippen molar-refractivity contribution >= 4 is 11.1 Å². The number of nitrogens with zero attached hydrogens (tertiary/aromatic N) is 1. The van der Waals surface area contributed by atoms with Crippen molar-refractivity contribution in [3.8, 4) is 5.75 Å². The molecule has 17 heavy (non-hydrogen) atoms. The van der Waals surface area contributed by atoms with Crippen molar-refractivity contribution in [2.75, 3.05) is 20.2 Å². The number of hydrogen-bond donors (Lipinski definition) is 1. The number of ether oxygens (including phenoxy) is 1. The lowest BCUT2D eigenvalue weighted by Crippen LogP contribution is -2.26. The first-order valence-corrected chi connectivity index (χ1v) is 6.02. The summed E-state index contributed by atoms with van der Waals surface area (Å²) in [5.41, 5.74) is 1.73. The van der Waals surface area contributed by atoms with Gasteiger partial charge in [0.15, 0.2) is 11.5 Å². The fourth-order valence-corrected chi connectivity index (χ4v) is 2.29. The highest BCUT2D eigenvalue weighted by atomic mass is 16.5. The van der Waals surface area contributed by atoms with Crippen LogP contribution in [0.2, 0.25) is 0 Å². The van der Waals surface area contributed by atoms with Crippen molar-refractivity contribution in [1.82, 2.24) is 10.3 Å². The molecule has 90 valence electrons. The van der Waals surface area contributed by atoms with Gasteiger partial charge in [0.1, 0.15) is 11.3 Å². The number of oxazole rings is 1. The van der Waals surface area contributed by atoms with E-state index in [1.165, 1.54) is 0 Å². The second-order valence-electron chi connectivity index (χ2n) is 4.41. The standard InChI is InChI=1S/C13H16N2O2/c1-16-10-2-3-11-12(8-10)17-13(15-11)9-4-6-14-7-5-9/h2-3,8-9,14H,4-7H2,1H3. The number of benzene rings is 1. The van der Waals surface area contributed by atoms with Gasteiger partial charge in [-0.1, -0.05) is 0 Å². The molecule has 4 heteroatoms. The molecule has 1 aromatic heterocycles. The highest BCUT2D eigenvalue weighted by molar-refractivity contribution is 5.74. The van der Waals surface area contributed by atoms with E-state index in [9.17, 15) is 0 Å². The lowest BCUT2D eigenvalue weighted by molar-refractivity contribution is 0.384. The van der Waals surface area contributed by atoms with Gasteiger partial charge in [0.25, 0.3) is 0 Å². The van der Waals surface area contributed by atoms with Gasteiger partial charge in [0, 0.05) is 12.0 Å². The van der Waals surface area contributed by atoms with Crippen LogP contribution >= 0.6 is 0 Å². The summed E-state index contributed by atoms with van der Waals surface area (Å²) in [6, 6.07) is 5.76. The third-order valence-corrected chi connectivity index (χ3v) is 3.30. The Kier molecular flexibility index (Phi) is 2.73. The van der Waals surface area contributed by atoms with E-state index in [2.05, 4.69) is 10.3 Å². The second kappa shape index (κ2) is 4.37. The molecule has 2 heterocycles. The van der Waals surface area contributed by atoms with Crippen LogP contribution < -0.4 is 10.1 Å². The van der Waals surface area contributed by atoms with Gasteiger partial charge in [0.2, 0.25) is 0 Å². The summed E-state index contributed by atoms with van der Waals surface area (Å²) in [5.74, 6) is 2.13. The van der Waals surface area contributed by atoms with Gasteiger partial charge in [0.05, 0.1) is 7.11 Å². The van der Waals surface area contributed by atoms with Crippen LogP contribution in [0.1, 0.15) is 24.7 Å². The predicted molar refractivity (Wildman–Crippen MR) is 65.4 cm³/mol. The molecule has 1 saturated heterocycles. The monoisotopic (exact) mass is 232 g/mol. The van der Waals surface area contributed by atoms with Crippen LogP contribution in [-0.2, 0) is 0 Å². The van der Waals surface area contributed by atoms with E-state index in [0.717, 1.165) is 48.7 Å². The second-order valence-corrected chi connectivity index (χ2v) is 4.41. The number of aromatic nitrogens is 1. The van der Waals surface area contributed by atoms with E-state index in [1.807, 2.05) is 18.2 Å². The first-order valence-electron chi connectivity index (χ1n) is 6.02. The summed E-state index contributed by atoms with van der Waals surface area (Å²) in [4.78, 5) is 4.56. The zero-order chi connectivity index (χ0) is 11.7. The van der Waals surface area contributed by atoms with Crippen LogP contribution in [0.15, 0.2) is 22.6 Å². The summed E-state index contributed by atoms with van der Waals surface area (Å²) in [5, 5.41) is 3.35. The molecular formula is C13H16N2O2. The topological polar surface area (TPSA) is 47.3 Å². The van der Waals surface area contributed by atoms with Gasteiger partial charge >= 0.3 is 0 Å². The van der Waals surface area contributed by atoms with Gasteiger partial charge in [-0.15, -0.1) is 0 Å². The summed E-state index contributed by atoms with van der Waals surface area (Å²) in [6.07, 6.45) is 2.20. The van der Waals surface area contributed by atoms with E-state index < -0.39 is 0 Å². The molecule has 0 amide bonds. The van der Waals surface area contributed by atoms with Crippen LogP contribution in [0, 0.1) is 0 Å². The lowest BCUT2D eigenvalue weighted by Gasteiger charge is -2.19. The molecule has 0 unspecified atom stereocenters. The van der Waals surface area contributed by atoms with Gasteiger partial charge in [-0.05, 0) is 38.1 Å². The number of fused-ring (bicyclic) bond motifs is 1. The van der Waals surface area contributed by atoms with Crippen LogP contribution in [0.4, 0.5) is 0 Å². The van der Waals surface area contributed by atoms with Crippen molar-refractivity contribution in [3.05, 3.63) is 24.1 Å². The van der Waals surface area contributed by atoms with E-state index in [-0.39, 0.29) is 0 Å². The molecule has 0 spiro atoms. The van der Waals surface area contributed by atoms with Crippen molar-refractivity contribution < 1.29 is 9.15 Å². The van der Waals surface area contributed by atoms with Crippen LogP contribution in [0.3, 0.4) is 0 Å². The maximum atomic E-state index is 5.83. The summed E-state index contributed by atoms with van der Waals surface area (Å²) in [6.45, 7) is 2.10. The molecular weight excluding hydrogens is 216 g/mol. The molecule has 0 bridgehead atoms. The quantitative estimate of drug-likeness (QED) is 0.863. The third-order valence-electron chi connectivity index (χ3n) is 3.30. The minimum absolute atomic E-state index is 0.453. The Labute approximate surface area is 100.0 Å². The molecule has 0 saturated carbocycles. The van der Waals surface area contributed by atoms with E-state index in [0.29, 0.717) is 5.92 Å². The molecule has 4 nitrogen and oxygen atoms in total. The third kappa shape index (κ3) is 2.00. The minimum Gasteiger partial charge on any atom is -0.497 e. The Balaban J connectivity index is 1.95. The maximum Gasteiger partial charge on any atom is 0.198 e. The summed E-state index contributed by atoms with van der Waals surface area (Å²) >= 11 is 0. The average molecular weight is 232 g/mol. The predicted octanol–water partition coefficient (Wildman–Crippen LogP) is 2.30. The Bertz CT molecular complexity index is 515. The fraction of sp³-hybridized carbons (Fsp3) is 0.462. The zero-order valence-electron chi connectivity index (χ0n) is 9.90. The molecule has 0 atom stereocenters. The van der Waals surface area contributed by atoms with Crippen LogP contribution in [0.5, 0.6) is 5.75 Å². The van der Waals surface area contributed by atoms with Crippen molar-refractivity contribution in [3.63, 3.8) is 0 Å². The number of rotatable bonds is 2. The van der Waals surface area contributed by atoms with Crippen molar-refractivity contribution in [2.45, 2.75) is 18.8 Å². The van der Waals surface area contributed by atoms with E-state index >= 15 is 0 Å². The van der Waals surface area contributed by atoms with E-state index in [1.54, 1.807) is 7.11 Å². The summed E-state index contributed by atoms with van der Waals surface area (Å²) in [7, 11) is 1.66.